The van der Waals surface area contributed by atoms with E-state index in [4.69, 9.17) is 4.74 Å². The number of carbonyl (C=O) groups excluding carboxylic acids is 1. The summed E-state index contributed by atoms with van der Waals surface area (Å²) in [6.45, 7) is 1.27. The molecule has 0 amide bonds. The Kier molecular flexibility index (Phi) is 4.82. The molecule has 0 aliphatic carbocycles. The lowest BCUT2D eigenvalue weighted by Crippen LogP contribution is -2.15. The number of esters is 1. The number of hydrogen-bond acceptors (Lipinski definition) is 3. The van der Waals surface area contributed by atoms with Crippen molar-refractivity contribution in [1.29, 1.82) is 0 Å². The first-order chi connectivity index (χ1) is 13.0. The fraction of sp³-hybridized carbons (Fsp3) is 0.222. The summed E-state index contributed by atoms with van der Waals surface area (Å²) >= 11 is 0. The first-order valence-electron chi connectivity index (χ1n) is 7.86. The third-order valence-corrected chi connectivity index (χ3v) is 3.99. The van der Waals surface area contributed by atoms with Crippen LogP contribution in [0.4, 0.5) is 26.3 Å². The zero-order valence-corrected chi connectivity index (χ0v) is 14.2. The fourth-order valence-electron chi connectivity index (χ4n) is 2.63. The van der Waals surface area contributed by atoms with Crippen LogP contribution in [0, 0.1) is 6.92 Å². The van der Waals surface area contributed by atoms with Gasteiger partial charge in [0.1, 0.15) is 12.3 Å². The van der Waals surface area contributed by atoms with Gasteiger partial charge in [0.2, 0.25) is 0 Å². The minimum absolute atomic E-state index is 0.0502. The van der Waals surface area contributed by atoms with E-state index in [0.29, 0.717) is 29.2 Å². The highest BCUT2D eigenvalue weighted by Crippen LogP contribution is 2.36. The molecule has 0 bridgehead atoms. The van der Waals surface area contributed by atoms with Crippen LogP contribution in [0.3, 0.4) is 0 Å². The molecular formula is C18H12F6N2O2. The van der Waals surface area contributed by atoms with Crippen molar-refractivity contribution in [2.75, 3.05) is 0 Å². The number of hydrogen-bond donors (Lipinski definition) is 0. The molecular weight excluding hydrogens is 390 g/mol. The largest absolute Gasteiger partial charge is 0.456 e. The van der Waals surface area contributed by atoms with E-state index in [1.807, 2.05) is 0 Å². The number of halogens is 6. The Morgan fingerprint density at radius 2 is 1.64 bits per heavy atom. The Morgan fingerprint density at radius 1 is 1.04 bits per heavy atom. The van der Waals surface area contributed by atoms with Gasteiger partial charge in [-0.15, -0.1) is 0 Å². The van der Waals surface area contributed by atoms with Crippen LogP contribution in [0.25, 0.3) is 5.65 Å². The molecule has 2 heterocycles. The predicted molar refractivity (Wildman–Crippen MR) is 85.5 cm³/mol. The molecule has 0 unspecified atom stereocenters. The number of nitrogens with zero attached hydrogens (tertiary/aromatic N) is 2. The van der Waals surface area contributed by atoms with E-state index in [-0.39, 0.29) is 12.7 Å². The van der Waals surface area contributed by atoms with E-state index in [9.17, 15) is 31.1 Å². The summed E-state index contributed by atoms with van der Waals surface area (Å²) in [5.74, 6) is -1.30. The zero-order chi connectivity index (χ0) is 20.7. The molecule has 1 aromatic carbocycles. The lowest BCUT2D eigenvalue weighted by molar-refractivity contribution is -0.143. The van der Waals surface area contributed by atoms with Gasteiger partial charge in [-0.25, -0.2) is 9.78 Å². The van der Waals surface area contributed by atoms with Gasteiger partial charge in [-0.05, 0) is 37.3 Å². The van der Waals surface area contributed by atoms with Crippen LogP contribution in [0.5, 0.6) is 0 Å². The summed E-state index contributed by atoms with van der Waals surface area (Å²) in [6.07, 6.45) is -8.45. The standard InChI is InChI=1S/C18H12F6N2O2/c1-10-14(26-5-3-2-4-15(26)25-10)9-28-16(27)11-6-12(17(19,20)21)8-13(7-11)18(22,23)24/h2-8H,9H2,1H3. The van der Waals surface area contributed by atoms with Gasteiger partial charge >= 0.3 is 18.3 Å². The molecule has 0 saturated heterocycles. The van der Waals surface area contributed by atoms with Crippen LogP contribution >= 0.6 is 0 Å². The maximum Gasteiger partial charge on any atom is 0.416 e. The minimum Gasteiger partial charge on any atom is -0.456 e. The summed E-state index contributed by atoms with van der Waals surface area (Å²) in [5, 5.41) is 0. The Bertz CT molecular complexity index is 1000. The first kappa shape index (κ1) is 19.7. The van der Waals surface area contributed by atoms with Crippen molar-refractivity contribution in [2.24, 2.45) is 0 Å². The average Bonchev–Trinajstić information content (AvgIpc) is 2.93. The van der Waals surface area contributed by atoms with Gasteiger partial charge in [0, 0.05) is 6.20 Å². The maximum absolute atomic E-state index is 12.9. The highest BCUT2D eigenvalue weighted by molar-refractivity contribution is 5.90. The second-order valence-corrected chi connectivity index (χ2v) is 5.94. The van der Waals surface area contributed by atoms with E-state index in [0.717, 1.165) is 0 Å². The number of carbonyl (C=O) groups is 1. The molecule has 4 nitrogen and oxygen atoms in total. The van der Waals surface area contributed by atoms with Gasteiger partial charge in [0.05, 0.1) is 28.1 Å². The second-order valence-electron chi connectivity index (χ2n) is 5.94. The van der Waals surface area contributed by atoms with Crippen molar-refractivity contribution in [3.05, 3.63) is 70.7 Å². The van der Waals surface area contributed by atoms with Gasteiger partial charge in [-0.2, -0.15) is 26.3 Å². The molecule has 28 heavy (non-hydrogen) atoms. The van der Waals surface area contributed by atoms with E-state index in [1.54, 1.807) is 35.7 Å². The Labute approximate surface area is 154 Å². The van der Waals surface area contributed by atoms with Crippen LogP contribution in [0.2, 0.25) is 0 Å². The molecule has 0 fully saturated rings. The number of imidazole rings is 1. The molecule has 0 N–H and O–H groups in total. The molecule has 0 aliphatic heterocycles. The maximum atomic E-state index is 12.9. The summed E-state index contributed by atoms with van der Waals surface area (Å²) in [5.41, 5.74) is -2.48. The molecule has 148 valence electrons. The number of alkyl halides is 6. The number of rotatable bonds is 3. The Hall–Kier alpha value is -3.04. The first-order valence-corrected chi connectivity index (χ1v) is 7.86. The van der Waals surface area contributed by atoms with Gasteiger partial charge in [-0.1, -0.05) is 6.07 Å². The Balaban J connectivity index is 1.90. The van der Waals surface area contributed by atoms with E-state index in [1.165, 1.54) is 0 Å². The summed E-state index contributed by atoms with van der Waals surface area (Å²) in [6, 6.07) is 5.74. The highest BCUT2D eigenvalue weighted by atomic mass is 19.4. The van der Waals surface area contributed by atoms with Gasteiger partial charge < -0.3 is 9.14 Å². The van der Waals surface area contributed by atoms with Crippen molar-refractivity contribution in [3.8, 4) is 0 Å². The third kappa shape index (κ3) is 3.95. The number of benzene rings is 1. The Morgan fingerprint density at radius 3 is 2.21 bits per heavy atom. The molecule has 2 aromatic heterocycles. The van der Waals surface area contributed by atoms with Crippen LogP contribution in [0.15, 0.2) is 42.6 Å². The number of pyridine rings is 1. The normalized spacial score (nSPS) is 12.4. The molecule has 0 atom stereocenters. The molecule has 3 rings (SSSR count). The van der Waals surface area contributed by atoms with Crippen LogP contribution in [-0.4, -0.2) is 15.4 Å². The monoisotopic (exact) mass is 402 g/mol. The van der Waals surface area contributed by atoms with Crippen molar-refractivity contribution in [3.63, 3.8) is 0 Å². The van der Waals surface area contributed by atoms with Crippen LogP contribution in [0.1, 0.15) is 32.9 Å². The summed E-state index contributed by atoms with van der Waals surface area (Å²) in [7, 11) is 0. The molecule has 0 aliphatic rings. The minimum atomic E-state index is -5.05. The summed E-state index contributed by atoms with van der Waals surface area (Å²) < 4.78 is 84.0. The van der Waals surface area contributed by atoms with E-state index >= 15 is 0 Å². The number of fused-ring (bicyclic) bond motifs is 1. The topological polar surface area (TPSA) is 43.6 Å². The molecule has 3 aromatic rings. The van der Waals surface area contributed by atoms with E-state index < -0.39 is 35.0 Å². The smallest absolute Gasteiger partial charge is 0.416 e. The van der Waals surface area contributed by atoms with Gasteiger partial charge in [0.25, 0.3) is 0 Å². The molecule has 0 spiro atoms. The molecule has 10 heteroatoms. The highest BCUT2D eigenvalue weighted by Gasteiger charge is 2.37. The van der Waals surface area contributed by atoms with Crippen LogP contribution in [-0.2, 0) is 23.7 Å². The lowest BCUT2D eigenvalue weighted by Gasteiger charge is -2.14. The van der Waals surface area contributed by atoms with Gasteiger partial charge in [-0.3, -0.25) is 0 Å². The van der Waals surface area contributed by atoms with Gasteiger partial charge in [0.15, 0.2) is 0 Å². The zero-order valence-electron chi connectivity index (χ0n) is 14.2. The molecule has 0 radical (unpaired) electrons. The predicted octanol–water partition coefficient (Wildman–Crippen LogP) is 5.04. The molecule has 0 saturated carbocycles. The van der Waals surface area contributed by atoms with Crippen molar-refractivity contribution >= 4 is 11.6 Å². The number of ether oxygens (including phenoxy) is 1. The lowest BCUT2D eigenvalue weighted by atomic mass is 10.0. The summed E-state index contributed by atoms with van der Waals surface area (Å²) in [4.78, 5) is 16.4. The van der Waals surface area contributed by atoms with Crippen LogP contribution < -0.4 is 0 Å². The quantitative estimate of drug-likeness (QED) is 0.456. The van der Waals surface area contributed by atoms with Crippen molar-refractivity contribution in [1.82, 2.24) is 9.38 Å². The fourth-order valence-corrected chi connectivity index (χ4v) is 2.63. The van der Waals surface area contributed by atoms with E-state index in [2.05, 4.69) is 4.98 Å². The average molecular weight is 402 g/mol. The number of aromatic nitrogens is 2. The third-order valence-electron chi connectivity index (χ3n) is 3.99. The second kappa shape index (κ2) is 6.84. The SMILES string of the molecule is Cc1nc2ccccn2c1COC(=O)c1cc(C(F)(F)F)cc(C(F)(F)F)c1. The van der Waals surface area contributed by atoms with Crippen molar-refractivity contribution < 1.29 is 35.9 Å². The van der Waals surface area contributed by atoms with Crippen molar-refractivity contribution in [2.45, 2.75) is 25.9 Å². The number of aryl methyl sites for hydroxylation is 1.